The van der Waals surface area contributed by atoms with Gasteiger partial charge in [-0.2, -0.15) is 0 Å². The first-order valence-corrected chi connectivity index (χ1v) is 4.37. The van der Waals surface area contributed by atoms with Crippen molar-refractivity contribution in [2.45, 2.75) is 18.3 Å². The molecule has 0 aromatic heterocycles. The van der Waals surface area contributed by atoms with E-state index in [1.807, 2.05) is 0 Å². The number of aliphatic hydroxyl groups excluding tert-OH is 4. The van der Waals surface area contributed by atoms with Gasteiger partial charge < -0.3 is 31.7 Å². The summed E-state index contributed by atoms with van der Waals surface area (Å²) in [7, 11) is 0. The van der Waals surface area contributed by atoms with Crippen LogP contribution in [0.1, 0.15) is 1.43 Å². The van der Waals surface area contributed by atoms with Crippen LogP contribution in [0.15, 0.2) is 0 Å². The van der Waals surface area contributed by atoms with Gasteiger partial charge in [0.2, 0.25) is 0 Å². The molecule has 0 unspecified atom stereocenters. The van der Waals surface area contributed by atoms with Crippen LogP contribution in [0.5, 0.6) is 0 Å². The zero-order chi connectivity index (χ0) is 12.7. The number of ether oxygens (including phenoxy) is 1. The summed E-state index contributed by atoms with van der Waals surface area (Å²) in [6.07, 6.45) is -5.43. The summed E-state index contributed by atoms with van der Waals surface area (Å²) in [6.45, 7) is -2.23. The summed E-state index contributed by atoms with van der Waals surface area (Å²) >= 11 is 0. The van der Waals surface area contributed by atoms with Gasteiger partial charge in [0.15, 0.2) is 5.78 Å². The van der Waals surface area contributed by atoms with E-state index in [9.17, 15) is 9.59 Å². The third-order valence-corrected chi connectivity index (χ3v) is 1.70. The number of rotatable bonds is 8. The molecule has 5 N–H and O–H groups in total. The molecular formula is C8H15NaO8. The number of carbonyl (C=O) groups excluding carboxylic acids is 1. The number of carboxylic acid groups (broad SMARTS) is 1. The second kappa shape index (κ2) is 9.92. The van der Waals surface area contributed by atoms with E-state index in [2.05, 4.69) is 4.74 Å². The molecule has 0 amide bonds. The Morgan fingerprint density at radius 3 is 2.12 bits per heavy atom. The van der Waals surface area contributed by atoms with Crippen LogP contribution in [0, 0.1) is 0 Å². The van der Waals surface area contributed by atoms with E-state index >= 15 is 0 Å². The maximum Gasteiger partial charge on any atom is 1.00 e. The minimum atomic E-state index is -1.93. The van der Waals surface area contributed by atoms with Gasteiger partial charge in [0.05, 0.1) is 6.61 Å². The summed E-state index contributed by atoms with van der Waals surface area (Å²) in [5, 5.41) is 43.8. The zero-order valence-corrected chi connectivity index (χ0v) is 11.3. The van der Waals surface area contributed by atoms with Crippen molar-refractivity contribution in [3.05, 3.63) is 0 Å². The first-order chi connectivity index (χ1) is 7.40. The third-order valence-electron chi connectivity index (χ3n) is 1.70. The average molecular weight is 262 g/mol. The SMILES string of the molecule is O=C(O)COCC(=O)[C@H](O)[C@@H](O)[C@H](O)CO.[H-].[Na+]. The Balaban J connectivity index is -0.00000112. The zero-order valence-electron chi connectivity index (χ0n) is 10.3. The van der Waals surface area contributed by atoms with E-state index < -0.39 is 49.9 Å². The molecule has 3 atom stereocenters. The maximum absolute atomic E-state index is 11.1. The minimum absolute atomic E-state index is 0. The predicted octanol–water partition coefficient (Wildman–Crippen LogP) is -6.15. The molecule has 0 rings (SSSR count). The molecule has 17 heavy (non-hydrogen) atoms. The van der Waals surface area contributed by atoms with Crippen LogP contribution in [-0.4, -0.2) is 75.4 Å². The van der Waals surface area contributed by atoms with Gasteiger partial charge in [-0.05, 0) is 0 Å². The number of aliphatic carboxylic acids is 1. The Bertz CT molecular complexity index is 251. The van der Waals surface area contributed by atoms with Gasteiger partial charge in [-0.1, -0.05) is 0 Å². The van der Waals surface area contributed by atoms with Crippen molar-refractivity contribution in [3.8, 4) is 0 Å². The molecule has 0 saturated heterocycles. The van der Waals surface area contributed by atoms with Crippen molar-refractivity contribution in [1.29, 1.82) is 0 Å². The van der Waals surface area contributed by atoms with Gasteiger partial charge in [-0.15, -0.1) is 0 Å². The average Bonchev–Trinajstić information content (AvgIpc) is 2.25. The third kappa shape index (κ3) is 7.79. The molecule has 0 aliphatic carbocycles. The monoisotopic (exact) mass is 262 g/mol. The summed E-state index contributed by atoms with van der Waals surface area (Å²) in [5.74, 6) is -2.26. The van der Waals surface area contributed by atoms with Crippen LogP contribution in [0.4, 0.5) is 0 Å². The van der Waals surface area contributed by atoms with Crippen molar-refractivity contribution in [1.82, 2.24) is 0 Å². The number of carbonyl (C=O) groups is 2. The second-order valence-corrected chi connectivity index (χ2v) is 3.04. The molecule has 9 heteroatoms. The van der Waals surface area contributed by atoms with Crippen LogP contribution in [-0.2, 0) is 14.3 Å². The summed E-state index contributed by atoms with van der Waals surface area (Å²) in [4.78, 5) is 21.1. The van der Waals surface area contributed by atoms with Crippen LogP contribution < -0.4 is 29.6 Å². The van der Waals surface area contributed by atoms with Crippen molar-refractivity contribution in [3.63, 3.8) is 0 Å². The normalized spacial score (nSPS) is 15.5. The molecule has 0 fully saturated rings. The van der Waals surface area contributed by atoms with Crippen LogP contribution >= 0.6 is 0 Å². The largest absolute Gasteiger partial charge is 1.00 e. The molecule has 0 spiro atoms. The summed E-state index contributed by atoms with van der Waals surface area (Å²) < 4.78 is 4.38. The summed E-state index contributed by atoms with van der Waals surface area (Å²) in [6, 6.07) is 0. The molecular weight excluding hydrogens is 247 g/mol. The van der Waals surface area contributed by atoms with Crippen LogP contribution in [0.2, 0.25) is 0 Å². The first-order valence-electron chi connectivity index (χ1n) is 4.37. The van der Waals surface area contributed by atoms with E-state index in [4.69, 9.17) is 25.5 Å². The smallest absolute Gasteiger partial charge is 1.00 e. The number of hydrogen-bond donors (Lipinski definition) is 5. The Morgan fingerprint density at radius 1 is 1.18 bits per heavy atom. The van der Waals surface area contributed by atoms with Crippen molar-refractivity contribution in [2.24, 2.45) is 0 Å². The minimum Gasteiger partial charge on any atom is -1.00 e. The molecule has 0 saturated carbocycles. The number of aliphatic hydroxyl groups is 4. The fourth-order valence-corrected chi connectivity index (χ4v) is 0.833. The van der Waals surface area contributed by atoms with Crippen LogP contribution in [0.3, 0.4) is 0 Å². The van der Waals surface area contributed by atoms with Crippen molar-refractivity contribution in [2.75, 3.05) is 19.8 Å². The van der Waals surface area contributed by atoms with Gasteiger partial charge in [-0.3, -0.25) is 4.79 Å². The fraction of sp³-hybridized carbons (Fsp3) is 0.750. The Morgan fingerprint density at radius 2 is 1.71 bits per heavy atom. The number of hydrogen-bond acceptors (Lipinski definition) is 7. The van der Waals surface area contributed by atoms with E-state index in [0.717, 1.165) is 0 Å². The molecule has 8 nitrogen and oxygen atoms in total. The van der Waals surface area contributed by atoms with Gasteiger partial charge in [0.25, 0.3) is 0 Å². The quantitative estimate of drug-likeness (QED) is 0.272. The Labute approximate surface area is 121 Å². The van der Waals surface area contributed by atoms with Gasteiger partial charge in [0, 0.05) is 0 Å². The Hall–Kier alpha value is -0.0600. The fourth-order valence-electron chi connectivity index (χ4n) is 0.833. The molecule has 96 valence electrons. The second-order valence-electron chi connectivity index (χ2n) is 3.04. The van der Waals surface area contributed by atoms with Crippen molar-refractivity contribution < 1.29 is 70.8 Å². The summed E-state index contributed by atoms with van der Waals surface area (Å²) in [5.41, 5.74) is 0. The topological polar surface area (TPSA) is 145 Å². The molecule has 0 radical (unpaired) electrons. The molecule has 0 heterocycles. The molecule has 0 aliphatic rings. The van der Waals surface area contributed by atoms with Gasteiger partial charge >= 0.3 is 35.5 Å². The standard InChI is InChI=1S/C8H14O8.Na.H/c9-1-4(10)7(14)8(15)5(11)2-16-3-6(12)13;;/h4,7-10,14-15H,1-3H2,(H,12,13);;/q;+1;-1/t4-,7+,8+;;/m1../s1. The first kappa shape index (κ1) is 19.3. The van der Waals surface area contributed by atoms with E-state index in [1.165, 1.54) is 0 Å². The Kier molecular flexibility index (Phi) is 11.3. The number of Topliss-reactive ketones (excluding diaryl/α,β-unsaturated/α-hetero) is 1. The predicted molar refractivity (Wildman–Crippen MR) is 49.7 cm³/mol. The molecule has 0 aromatic rings. The van der Waals surface area contributed by atoms with E-state index in [-0.39, 0.29) is 31.0 Å². The van der Waals surface area contributed by atoms with Crippen molar-refractivity contribution >= 4 is 11.8 Å². The van der Waals surface area contributed by atoms with E-state index in [0.29, 0.717) is 0 Å². The van der Waals surface area contributed by atoms with E-state index in [1.54, 1.807) is 0 Å². The molecule has 0 bridgehead atoms. The molecule has 0 aliphatic heterocycles. The van der Waals surface area contributed by atoms with Crippen LogP contribution in [0.25, 0.3) is 0 Å². The van der Waals surface area contributed by atoms with Gasteiger partial charge in [0.1, 0.15) is 31.5 Å². The number of carboxylic acids is 1. The van der Waals surface area contributed by atoms with Gasteiger partial charge in [-0.25, -0.2) is 4.79 Å². The maximum atomic E-state index is 11.1. The number of ketones is 1. The molecule has 0 aromatic carbocycles.